The zero-order valence-corrected chi connectivity index (χ0v) is 12.9. The second kappa shape index (κ2) is 5.32. The van der Waals surface area contributed by atoms with Crippen molar-refractivity contribution in [1.29, 1.82) is 0 Å². The summed E-state index contributed by atoms with van der Waals surface area (Å²) in [6.07, 6.45) is 2.63. The van der Waals surface area contributed by atoms with Crippen molar-refractivity contribution in [2.24, 2.45) is 0 Å². The fraction of sp³-hybridized carbons (Fsp3) is 0.0769. The average Bonchev–Trinajstić information content (AvgIpc) is 3.02. The number of hydrogen-bond acceptors (Lipinski definition) is 8. The van der Waals surface area contributed by atoms with Gasteiger partial charge in [0.1, 0.15) is 5.82 Å². The number of aromatic nitrogens is 5. The van der Waals surface area contributed by atoms with Gasteiger partial charge in [0.25, 0.3) is 0 Å². The highest BCUT2D eigenvalue weighted by Crippen LogP contribution is 2.35. The molecule has 10 heteroatoms. The van der Waals surface area contributed by atoms with Crippen molar-refractivity contribution in [2.75, 3.05) is 17.7 Å². The smallest absolute Gasteiger partial charge is 0.206 e. The summed E-state index contributed by atoms with van der Waals surface area (Å²) in [5.41, 5.74) is 13.2. The van der Waals surface area contributed by atoms with Crippen molar-refractivity contribution in [3.8, 4) is 22.5 Å². The Hall–Kier alpha value is -3.01. The van der Waals surface area contributed by atoms with Crippen molar-refractivity contribution in [3.63, 3.8) is 0 Å². The molecule has 2 heterocycles. The lowest BCUT2D eigenvalue weighted by molar-refractivity contribution is 0.602. The molecule has 0 unspecified atom stereocenters. The summed E-state index contributed by atoms with van der Waals surface area (Å²) in [5, 5.41) is 13.6. The monoisotopic (exact) mass is 331 g/mol. The van der Waals surface area contributed by atoms with Crippen LogP contribution in [0.2, 0.25) is 0 Å². The van der Waals surface area contributed by atoms with E-state index in [9.17, 15) is 8.42 Å². The van der Waals surface area contributed by atoms with Gasteiger partial charge in [0, 0.05) is 23.6 Å². The molecule has 0 bridgehead atoms. The third-order valence-electron chi connectivity index (χ3n) is 3.26. The number of pyridine rings is 1. The van der Waals surface area contributed by atoms with E-state index in [0.29, 0.717) is 22.4 Å². The van der Waals surface area contributed by atoms with E-state index in [1.54, 1.807) is 18.2 Å². The van der Waals surface area contributed by atoms with E-state index in [1.807, 2.05) is 0 Å². The number of anilines is 2. The lowest BCUT2D eigenvalue weighted by Crippen LogP contribution is -2.03. The highest BCUT2D eigenvalue weighted by molar-refractivity contribution is 7.90. The van der Waals surface area contributed by atoms with Crippen LogP contribution in [-0.2, 0) is 9.84 Å². The normalized spacial score (nSPS) is 11.5. The van der Waals surface area contributed by atoms with E-state index >= 15 is 0 Å². The largest absolute Gasteiger partial charge is 0.396 e. The molecular formula is C13H13N7O2S. The van der Waals surface area contributed by atoms with E-state index in [0.717, 1.165) is 6.26 Å². The number of nitrogen functional groups attached to an aromatic ring is 2. The SMILES string of the molecule is CS(=O)(=O)c1cccc(-c2cnc(N)c(N)c2)c1-c1nn[nH]n1. The molecule has 0 radical (unpaired) electrons. The lowest BCUT2D eigenvalue weighted by Gasteiger charge is -2.12. The van der Waals surface area contributed by atoms with Gasteiger partial charge < -0.3 is 11.5 Å². The molecule has 0 fully saturated rings. The zero-order valence-electron chi connectivity index (χ0n) is 12.1. The van der Waals surface area contributed by atoms with Crippen molar-refractivity contribution in [1.82, 2.24) is 25.6 Å². The summed E-state index contributed by atoms with van der Waals surface area (Å²) < 4.78 is 24.2. The highest BCUT2D eigenvalue weighted by atomic mass is 32.2. The van der Waals surface area contributed by atoms with Gasteiger partial charge in [0.2, 0.25) is 5.82 Å². The molecule has 118 valence electrons. The molecule has 0 amide bonds. The summed E-state index contributed by atoms with van der Waals surface area (Å²) in [5.74, 6) is 0.366. The van der Waals surface area contributed by atoms with Crippen LogP contribution < -0.4 is 11.5 Å². The number of H-pyrrole nitrogens is 1. The molecule has 0 aliphatic rings. The minimum Gasteiger partial charge on any atom is -0.396 e. The third-order valence-corrected chi connectivity index (χ3v) is 4.39. The zero-order chi connectivity index (χ0) is 16.6. The van der Waals surface area contributed by atoms with E-state index < -0.39 is 9.84 Å². The van der Waals surface area contributed by atoms with Crippen LogP contribution in [0.15, 0.2) is 35.4 Å². The number of aromatic amines is 1. The van der Waals surface area contributed by atoms with Gasteiger partial charge in [-0.2, -0.15) is 5.21 Å². The third kappa shape index (κ3) is 2.71. The molecule has 3 rings (SSSR count). The Morgan fingerprint density at radius 2 is 2.00 bits per heavy atom. The average molecular weight is 331 g/mol. The second-order valence-electron chi connectivity index (χ2n) is 4.88. The molecule has 1 aromatic carbocycles. The second-order valence-corrected chi connectivity index (χ2v) is 6.87. The van der Waals surface area contributed by atoms with Crippen LogP contribution in [0, 0.1) is 0 Å². The van der Waals surface area contributed by atoms with Crippen LogP contribution >= 0.6 is 0 Å². The van der Waals surface area contributed by atoms with Crippen LogP contribution in [-0.4, -0.2) is 40.3 Å². The predicted octanol–water partition coefficient (Wildman–Crippen LogP) is 0.497. The Morgan fingerprint density at radius 3 is 2.61 bits per heavy atom. The van der Waals surface area contributed by atoms with Crippen LogP contribution in [0.4, 0.5) is 11.5 Å². The minimum atomic E-state index is -3.51. The summed E-state index contributed by atoms with van der Waals surface area (Å²) in [6.45, 7) is 0. The quantitative estimate of drug-likeness (QED) is 0.626. The van der Waals surface area contributed by atoms with Crippen molar-refractivity contribution in [3.05, 3.63) is 30.5 Å². The fourth-order valence-electron chi connectivity index (χ4n) is 2.22. The first-order valence-corrected chi connectivity index (χ1v) is 8.35. The number of sulfone groups is 1. The number of nitrogens with one attached hydrogen (secondary N) is 1. The number of nitrogens with two attached hydrogens (primary N) is 2. The van der Waals surface area contributed by atoms with Crippen LogP contribution in [0.1, 0.15) is 0 Å². The molecule has 0 spiro atoms. The van der Waals surface area contributed by atoms with E-state index in [1.165, 1.54) is 12.3 Å². The maximum absolute atomic E-state index is 12.1. The van der Waals surface area contributed by atoms with Gasteiger partial charge in [-0.3, -0.25) is 0 Å². The van der Waals surface area contributed by atoms with Crippen LogP contribution in [0.5, 0.6) is 0 Å². The van der Waals surface area contributed by atoms with Gasteiger partial charge in [-0.15, -0.1) is 10.2 Å². The van der Waals surface area contributed by atoms with Gasteiger partial charge in [-0.1, -0.05) is 12.1 Å². The van der Waals surface area contributed by atoms with Gasteiger partial charge in [-0.25, -0.2) is 13.4 Å². The molecule has 0 saturated heterocycles. The molecule has 2 aromatic heterocycles. The van der Waals surface area contributed by atoms with Gasteiger partial charge in [0.15, 0.2) is 9.84 Å². The number of nitrogens with zero attached hydrogens (tertiary/aromatic N) is 4. The van der Waals surface area contributed by atoms with Crippen molar-refractivity contribution >= 4 is 21.3 Å². The van der Waals surface area contributed by atoms with E-state index in [4.69, 9.17) is 11.5 Å². The lowest BCUT2D eigenvalue weighted by atomic mass is 10.00. The Balaban J connectivity index is 2.35. The summed E-state index contributed by atoms with van der Waals surface area (Å²) in [4.78, 5) is 4.10. The van der Waals surface area contributed by atoms with Gasteiger partial charge in [-0.05, 0) is 22.9 Å². The Bertz CT molecular complexity index is 968. The standard InChI is InChI=1S/C13H13N7O2S/c1-23(21,22)10-4-2-3-8(11(10)13-17-19-20-18-13)7-5-9(14)12(15)16-6-7/h2-6H,14H2,1H3,(H2,15,16)(H,17,18,19,20). The van der Waals surface area contributed by atoms with Crippen LogP contribution in [0.3, 0.4) is 0 Å². The summed E-state index contributed by atoms with van der Waals surface area (Å²) >= 11 is 0. The molecule has 0 aliphatic carbocycles. The molecule has 0 atom stereocenters. The highest BCUT2D eigenvalue weighted by Gasteiger charge is 2.22. The first-order chi connectivity index (χ1) is 10.9. The summed E-state index contributed by atoms with van der Waals surface area (Å²) in [7, 11) is -3.51. The number of tetrazole rings is 1. The topological polar surface area (TPSA) is 154 Å². The molecule has 3 aromatic rings. The Kier molecular flexibility index (Phi) is 3.45. The molecule has 9 nitrogen and oxygen atoms in total. The molecule has 0 saturated carbocycles. The minimum absolute atomic E-state index is 0.0896. The molecule has 5 N–H and O–H groups in total. The van der Waals surface area contributed by atoms with Gasteiger partial charge >= 0.3 is 0 Å². The maximum atomic E-state index is 12.1. The first-order valence-electron chi connectivity index (χ1n) is 6.46. The van der Waals surface area contributed by atoms with Gasteiger partial charge in [0.05, 0.1) is 10.6 Å². The number of benzene rings is 1. The Morgan fingerprint density at radius 1 is 1.22 bits per heavy atom. The number of rotatable bonds is 3. The Labute approximate surface area is 131 Å². The maximum Gasteiger partial charge on any atom is 0.206 e. The van der Waals surface area contributed by atoms with Crippen LogP contribution in [0.25, 0.3) is 22.5 Å². The van der Waals surface area contributed by atoms with Crippen molar-refractivity contribution in [2.45, 2.75) is 4.90 Å². The van der Waals surface area contributed by atoms with E-state index in [2.05, 4.69) is 25.6 Å². The number of hydrogen-bond donors (Lipinski definition) is 3. The molecule has 23 heavy (non-hydrogen) atoms. The fourth-order valence-corrected chi connectivity index (χ4v) is 3.12. The first kappa shape index (κ1) is 14.9. The molecular weight excluding hydrogens is 318 g/mol. The molecule has 0 aliphatic heterocycles. The van der Waals surface area contributed by atoms with E-state index in [-0.39, 0.29) is 16.5 Å². The summed E-state index contributed by atoms with van der Waals surface area (Å²) in [6, 6.07) is 6.46. The van der Waals surface area contributed by atoms with Crippen molar-refractivity contribution < 1.29 is 8.42 Å². The predicted molar refractivity (Wildman–Crippen MR) is 84.8 cm³/mol.